The molecule has 5 nitrogen and oxygen atoms in total. The molecule has 0 radical (unpaired) electrons. The van der Waals surface area contributed by atoms with Gasteiger partial charge >= 0.3 is 0 Å². The van der Waals surface area contributed by atoms with E-state index in [0.717, 1.165) is 24.1 Å². The van der Waals surface area contributed by atoms with Crippen LogP contribution >= 0.6 is 0 Å². The number of carbonyl (C=O) groups excluding carboxylic acids is 1. The number of aromatic nitrogens is 1. The molecule has 3 aromatic rings. The minimum atomic E-state index is 0.0251. The van der Waals surface area contributed by atoms with Crippen LogP contribution in [-0.4, -0.2) is 30.8 Å². The molecule has 5 heteroatoms. The van der Waals surface area contributed by atoms with E-state index in [1.165, 1.54) is 0 Å². The highest BCUT2D eigenvalue weighted by Crippen LogP contribution is 2.23. The third kappa shape index (κ3) is 3.42. The van der Waals surface area contributed by atoms with Gasteiger partial charge in [0.2, 0.25) is 5.91 Å². The summed E-state index contributed by atoms with van der Waals surface area (Å²) < 4.78 is 10.8. The Morgan fingerprint density at radius 1 is 1.12 bits per heavy atom. The maximum atomic E-state index is 13.0. The Kier molecular flexibility index (Phi) is 4.48. The van der Waals surface area contributed by atoms with E-state index < -0.39 is 0 Å². The summed E-state index contributed by atoms with van der Waals surface area (Å²) in [6.45, 7) is 2.15. The summed E-state index contributed by atoms with van der Waals surface area (Å²) in [6, 6.07) is 17.4. The van der Waals surface area contributed by atoms with Crippen molar-refractivity contribution in [2.75, 3.05) is 24.7 Å². The van der Waals surface area contributed by atoms with Crippen LogP contribution in [-0.2, 0) is 16.0 Å². The number of carbonyl (C=O) groups is 1. The smallest absolute Gasteiger partial charge is 0.233 e. The fourth-order valence-electron chi connectivity index (χ4n) is 3.25. The fourth-order valence-corrected chi connectivity index (χ4v) is 3.25. The number of ether oxygens (including phenoxy) is 1. The van der Waals surface area contributed by atoms with Crippen molar-refractivity contribution in [1.29, 1.82) is 0 Å². The first-order valence-corrected chi connectivity index (χ1v) is 8.58. The quantitative estimate of drug-likeness (QED) is 0.716. The molecule has 0 bridgehead atoms. The second-order valence-corrected chi connectivity index (χ2v) is 6.37. The van der Waals surface area contributed by atoms with Crippen molar-refractivity contribution in [2.24, 2.45) is 5.92 Å². The Balaban J connectivity index is 1.58. The summed E-state index contributed by atoms with van der Waals surface area (Å²) in [4.78, 5) is 14.9. The Morgan fingerprint density at radius 3 is 2.72 bits per heavy atom. The van der Waals surface area contributed by atoms with E-state index in [2.05, 4.69) is 5.16 Å². The summed E-state index contributed by atoms with van der Waals surface area (Å²) in [5.41, 5.74) is 2.30. The Labute approximate surface area is 146 Å². The van der Waals surface area contributed by atoms with Gasteiger partial charge in [0.05, 0.1) is 13.0 Å². The molecular formula is C20H20N2O3. The summed E-state index contributed by atoms with van der Waals surface area (Å²) in [7, 11) is 0. The number of amides is 1. The van der Waals surface area contributed by atoms with Gasteiger partial charge in [0.1, 0.15) is 5.69 Å². The molecule has 2 aromatic carbocycles. The van der Waals surface area contributed by atoms with E-state index in [-0.39, 0.29) is 12.3 Å². The maximum Gasteiger partial charge on any atom is 0.233 e. The number of para-hydroxylation sites is 2. The molecule has 0 spiro atoms. The third-order valence-electron chi connectivity index (χ3n) is 4.60. The predicted octanol–water partition coefficient (Wildman–Crippen LogP) is 3.44. The number of anilines is 1. The predicted molar refractivity (Wildman–Crippen MR) is 95.4 cm³/mol. The molecule has 4 rings (SSSR count). The molecule has 0 unspecified atom stereocenters. The standard InChI is InChI=1S/C20H20N2O3/c23-20(12-18-17-8-4-5-9-19(17)25-21-18)22(13-15-10-11-24-14-15)16-6-2-1-3-7-16/h1-9,15H,10-14H2/t15-/m0/s1. The van der Waals surface area contributed by atoms with Crippen LogP contribution in [0, 0.1) is 5.92 Å². The third-order valence-corrected chi connectivity index (χ3v) is 4.60. The van der Waals surface area contributed by atoms with E-state index >= 15 is 0 Å². The molecule has 0 saturated carbocycles. The lowest BCUT2D eigenvalue weighted by Gasteiger charge is -2.25. The molecule has 1 saturated heterocycles. The topological polar surface area (TPSA) is 55.6 Å². The molecule has 0 N–H and O–H groups in total. The van der Waals surface area contributed by atoms with Gasteiger partial charge in [0.15, 0.2) is 5.58 Å². The van der Waals surface area contributed by atoms with Gasteiger partial charge in [0.25, 0.3) is 0 Å². The minimum absolute atomic E-state index is 0.0251. The van der Waals surface area contributed by atoms with Crippen LogP contribution in [0.2, 0.25) is 0 Å². The molecule has 25 heavy (non-hydrogen) atoms. The Bertz CT molecular complexity index is 854. The molecular weight excluding hydrogens is 316 g/mol. The van der Waals surface area contributed by atoms with Gasteiger partial charge in [-0.05, 0) is 30.7 Å². The fraction of sp³-hybridized carbons (Fsp3) is 0.300. The molecule has 1 fully saturated rings. The number of hydrogen-bond donors (Lipinski definition) is 0. The van der Waals surface area contributed by atoms with Crippen molar-refractivity contribution in [3.63, 3.8) is 0 Å². The summed E-state index contributed by atoms with van der Waals surface area (Å²) in [5.74, 6) is 0.398. The molecule has 0 aliphatic carbocycles. The van der Waals surface area contributed by atoms with Crippen molar-refractivity contribution in [3.8, 4) is 0 Å². The number of benzene rings is 2. The first-order chi connectivity index (χ1) is 12.3. The zero-order valence-electron chi connectivity index (χ0n) is 13.9. The normalized spacial score (nSPS) is 17.0. The largest absolute Gasteiger partial charge is 0.381 e. The first kappa shape index (κ1) is 15.8. The molecule has 1 aromatic heterocycles. The van der Waals surface area contributed by atoms with Crippen molar-refractivity contribution in [2.45, 2.75) is 12.8 Å². The van der Waals surface area contributed by atoms with Gasteiger partial charge in [-0.25, -0.2) is 0 Å². The van der Waals surface area contributed by atoms with E-state index in [4.69, 9.17) is 9.26 Å². The summed E-state index contributed by atoms with van der Waals surface area (Å²) in [5, 5.41) is 4.99. The highest BCUT2D eigenvalue weighted by Gasteiger charge is 2.25. The zero-order valence-corrected chi connectivity index (χ0v) is 13.9. The SMILES string of the molecule is O=C(Cc1noc2ccccc12)N(C[C@@H]1CCOC1)c1ccccc1. The Morgan fingerprint density at radius 2 is 1.92 bits per heavy atom. The molecule has 1 atom stereocenters. The average Bonchev–Trinajstić information content (AvgIpc) is 3.31. The summed E-state index contributed by atoms with van der Waals surface area (Å²) >= 11 is 0. The van der Waals surface area contributed by atoms with Crippen LogP contribution in [0.1, 0.15) is 12.1 Å². The zero-order chi connectivity index (χ0) is 17.1. The molecule has 1 aliphatic heterocycles. The first-order valence-electron chi connectivity index (χ1n) is 8.58. The van der Waals surface area contributed by atoms with Crippen LogP contribution in [0.5, 0.6) is 0 Å². The van der Waals surface area contributed by atoms with Crippen molar-refractivity contribution >= 4 is 22.6 Å². The molecule has 1 aliphatic rings. The van der Waals surface area contributed by atoms with E-state index in [0.29, 0.717) is 30.3 Å². The Hall–Kier alpha value is -2.66. The lowest BCUT2D eigenvalue weighted by atomic mass is 10.1. The molecule has 1 amide bonds. The molecule has 2 heterocycles. The molecule has 128 valence electrons. The average molecular weight is 336 g/mol. The lowest BCUT2D eigenvalue weighted by molar-refractivity contribution is -0.118. The van der Waals surface area contributed by atoms with E-state index in [1.54, 1.807) is 0 Å². The van der Waals surface area contributed by atoms with E-state index in [1.807, 2.05) is 59.5 Å². The van der Waals surface area contributed by atoms with Crippen molar-refractivity contribution in [1.82, 2.24) is 5.16 Å². The van der Waals surface area contributed by atoms with Crippen LogP contribution in [0.25, 0.3) is 11.0 Å². The second-order valence-electron chi connectivity index (χ2n) is 6.37. The van der Waals surface area contributed by atoms with E-state index in [9.17, 15) is 4.79 Å². The van der Waals surface area contributed by atoms with Crippen LogP contribution in [0.3, 0.4) is 0 Å². The van der Waals surface area contributed by atoms with Crippen molar-refractivity contribution < 1.29 is 14.1 Å². The van der Waals surface area contributed by atoms with Gasteiger partial charge in [-0.2, -0.15) is 0 Å². The van der Waals surface area contributed by atoms with Gasteiger partial charge in [-0.15, -0.1) is 0 Å². The monoisotopic (exact) mass is 336 g/mol. The number of nitrogens with zero attached hydrogens (tertiary/aromatic N) is 2. The highest BCUT2D eigenvalue weighted by atomic mass is 16.5. The van der Waals surface area contributed by atoms with Crippen LogP contribution in [0.4, 0.5) is 5.69 Å². The van der Waals surface area contributed by atoms with Gasteiger partial charge in [-0.3, -0.25) is 4.79 Å². The van der Waals surface area contributed by atoms with Crippen LogP contribution in [0.15, 0.2) is 59.1 Å². The van der Waals surface area contributed by atoms with Gasteiger partial charge in [-0.1, -0.05) is 35.5 Å². The van der Waals surface area contributed by atoms with Gasteiger partial charge < -0.3 is 14.2 Å². The van der Waals surface area contributed by atoms with Gasteiger partial charge in [0, 0.05) is 30.1 Å². The number of hydrogen-bond acceptors (Lipinski definition) is 4. The lowest BCUT2D eigenvalue weighted by Crippen LogP contribution is -2.36. The highest BCUT2D eigenvalue weighted by molar-refractivity contribution is 5.96. The second kappa shape index (κ2) is 7.07. The number of rotatable bonds is 5. The minimum Gasteiger partial charge on any atom is -0.381 e. The maximum absolute atomic E-state index is 13.0. The number of fused-ring (bicyclic) bond motifs is 1. The van der Waals surface area contributed by atoms with Crippen LogP contribution < -0.4 is 4.90 Å². The van der Waals surface area contributed by atoms with Crippen molar-refractivity contribution in [3.05, 3.63) is 60.3 Å². The summed E-state index contributed by atoms with van der Waals surface area (Å²) in [6.07, 6.45) is 1.21.